The zero-order chi connectivity index (χ0) is 16.1. The van der Waals surface area contributed by atoms with E-state index in [1.165, 1.54) is 24.3 Å². The summed E-state index contributed by atoms with van der Waals surface area (Å²) in [5, 5.41) is 13.2. The highest BCUT2D eigenvalue weighted by Crippen LogP contribution is 2.25. The van der Waals surface area contributed by atoms with E-state index in [0.717, 1.165) is 10.0 Å². The van der Waals surface area contributed by atoms with Gasteiger partial charge in [-0.25, -0.2) is 0 Å². The number of nitrogens with one attached hydrogen (secondary N) is 1. The normalized spacial score (nSPS) is 10.1. The SMILES string of the molecule is Cc1ccc(OCC(=O)Nc2ccc(C(=O)[O-])cc2)c(Br)c1. The average molecular weight is 363 g/mol. The molecule has 22 heavy (non-hydrogen) atoms. The summed E-state index contributed by atoms with van der Waals surface area (Å²) < 4.78 is 6.20. The van der Waals surface area contributed by atoms with Gasteiger partial charge in [-0.05, 0) is 58.2 Å². The van der Waals surface area contributed by atoms with Crippen molar-refractivity contribution in [1.29, 1.82) is 0 Å². The van der Waals surface area contributed by atoms with Crippen LogP contribution in [-0.4, -0.2) is 18.5 Å². The molecule has 114 valence electrons. The van der Waals surface area contributed by atoms with Gasteiger partial charge in [0.05, 0.1) is 10.4 Å². The van der Waals surface area contributed by atoms with E-state index in [1.807, 2.05) is 19.1 Å². The highest BCUT2D eigenvalue weighted by Gasteiger charge is 2.06. The van der Waals surface area contributed by atoms with Crippen molar-refractivity contribution < 1.29 is 19.4 Å². The number of hydrogen-bond acceptors (Lipinski definition) is 4. The van der Waals surface area contributed by atoms with Gasteiger partial charge in [-0.2, -0.15) is 0 Å². The molecule has 0 spiro atoms. The lowest BCUT2D eigenvalue weighted by molar-refractivity contribution is -0.255. The molecule has 0 unspecified atom stereocenters. The summed E-state index contributed by atoms with van der Waals surface area (Å²) in [5.74, 6) is -1.02. The smallest absolute Gasteiger partial charge is 0.262 e. The molecule has 6 heteroatoms. The molecule has 0 heterocycles. The fourth-order valence-electron chi connectivity index (χ4n) is 1.75. The Balaban J connectivity index is 1.91. The van der Waals surface area contributed by atoms with E-state index in [1.54, 1.807) is 6.07 Å². The van der Waals surface area contributed by atoms with Gasteiger partial charge < -0.3 is 20.0 Å². The zero-order valence-electron chi connectivity index (χ0n) is 11.8. The second-order valence-corrected chi connectivity index (χ2v) is 5.49. The molecular formula is C16H13BrNO4-. The number of halogens is 1. The van der Waals surface area contributed by atoms with E-state index in [9.17, 15) is 14.7 Å². The second-order valence-electron chi connectivity index (χ2n) is 4.64. The van der Waals surface area contributed by atoms with Crippen molar-refractivity contribution in [2.24, 2.45) is 0 Å². The van der Waals surface area contributed by atoms with Crippen molar-refractivity contribution in [3.05, 3.63) is 58.1 Å². The summed E-state index contributed by atoms with van der Waals surface area (Å²) in [6, 6.07) is 11.3. The molecule has 2 aromatic rings. The molecule has 0 aliphatic heterocycles. The minimum atomic E-state index is -1.26. The van der Waals surface area contributed by atoms with Gasteiger partial charge >= 0.3 is 0 Å². The number of carbonyl (C=O) groups excluding carboxylic acids is 2. The standard InChI is InChI=1S/C16H14BrNO4/c1-10-2-7-14(13(17)8-10)22-9-15(19)18-12-5-3-11(4-6-12)16(20)21/h2-8H,9H2,1H3,(H,18,19)(H,20,21)/p-1. The van der Waals surface area contributed by atoms with E-state index in [2.05, 4.69) is 21.2 Å². The predicted octanol–water partition coefficient (Wildman–Crippen LogP) is 2.14. The zero-order valence-corrected chi connectivity index (χ0v) is 13.3. The van der Waals surface area contributed by atoms with Gasteiger partial charge in [-0.1, -0.05) is 18.2 Å². The van der Waals surface area contributed by atoms with Crippen LogP contribution in [0.3, 0.4) is 0 Å². The summed E-state index contributed by atoms with van der Waals surface area (Å²) in [4.78, 5) is 22.4. The van der Waals surface area contributed by atoms with Crippen LogP contribution in [0.5, 0.6) is 5.75 Å². The average Bonchev–Trinajstić information content (AvgIpc) is 2.47. The Morgan fingerprint density at radius 3 is 2.45 bits per heavy atom. The van der Waals surface area contributed by atoms with Crippen molar-refractivity contribution in [1.82, 2.24) is 0 Å². The number of carboxylic acids is 1. The number of carboxylic acid groups (broad SMARTS) is 1. The van der Waals surface area contributed by atoms with Crippen LogP contribution in [-0.2, 0) is 4.79 Å². The number of anilines is 1. The van der Waals surface area contributed by atoms with E-state index in [4.69, 9.17) is 4.74 Å². The van der Waals surface area contributed by atoms with Crippen LogP contribution >= 0.6 is 15.9 Å². The molecule has 0 aliphatic carbocycles. The molecule has 1 amide bonds. The van der Waals surface area contributed by atoms with E-state index in [-0.39, 0.29) is 18.1 Å². The fourth-order valence-corrected chi connectivity index (χ4v) is 2.36. The molecule has 0 aliphatic rings. The number of rotatable bonds is 5. The van der Waals surface area contributed by atoms with Crippen LogP contribution in [0.15, 0.2) is 46.9 Å². The molecule has 0 bridgehead atoms. The Labute approximate surface area is 136 Å². The van der Waals surface area contributed by atoms with Crippen LogP contribution < -0.4 is 15.2 Å². The maximum Gasteiger partial charge on any atom is 0.262 e. The number of hydrogen-bond donors (Lipinski definition) is 1. The van der Waals surface area contributed by atoms with Crippen LogP contribution in [0.25, 0.3) is 0 Å². The number of carbonyl (C=O) groups is 2. The molecule has 0 atom stereocenters. The van der Waals surface area contributed by atoms with Crippen molar-refractivity contribution >= 4 is 33.5 Å². The number of amides is 1. The largest absolute Gasteiger partial charge is 0.545 e. The van der Waals surface area contributed by atoms with Crippen molar-refractivity contribution in [3.63, 3.8) is 0 Å². The Hall–Kier alpha value is -2.34. The number of ether oxygens (including phenoxy) is 1. The van der Waals surface area contributed by atoms with Gasteiger partial charge in [0.2, 0.25) is 0 Å². The van der Waals surface area contributed by atoms with Crippen LogP contribution in [0.1, 0.15) is 15.9 Å². The molecule has 0 saturated carbocycles. The maximum absolute atomic E-state index is 11.8. The fraction of sp³-hybridized carbons (Fsp3) is 0.125. The van der Waals surface area contributed by atoms with Crippen molar-refractivity contribution in [2.75, 3.05) is 11.9 Å². The summed E-state index contributed by atoms with van der Waals surface area (Å²) in [5.41, 5.74) is 1.62. The quantitative estimate of drug-likeness (QED) is 0.883. The molecule has 0 radical (unpaired) electrons. The lowest BCUT2D eigenvalue weighted by Crippen LogP contribution is -2.22. The van der Waals surface area contributed by atoms with Gasteiger partial charge in [0.1, 0.15) is 5.75 Å². The first-order chi connectivity index (χ1) is 10.5. The third kappa shape index (κ3) is 4.33. The lowest BCUT2D eigenvalue weighted by Gasteiger charge is -2.10. The maximum atomic E-state index is 11.8. The highest BCUT2D eigenvalue weighted by atomic mass is 79.9. The lowest BCUT2D eigenvalue weighted by atomic mass is 10.2. The first-order valence-corrected chi connectivity index (χ1v) is 7.25. The topological polar surface area (TPSA) is 78.5 Å². The molecule has 1 N–H and O–H groups in total. The van der Waals surface area contributed by atoms with Crippen molar-refractivity contribution in [3.8, 4) is 5.75 Å². The minimum absolute atomic E-state index is 0.0536. The second kappa shape index (κ2) is 7.09. The molecule has 0 saturated heterocycles. The monoisotopic (exact) mass is 362 g/mol. The Morgan fingerprint density at radius 2 is 1.86 bits per heavy atom. The predicted molar refractivity (Wildman–Crippen MR) is 83.8 cm³/mol. The van der Waals surface area contributed by atoms with Crippen LogP contribution in [0.4, 0.5) is 5.69 Å². The summed E-state index contributed by atoms with van der Waals surface area (Å²) >= 11 is 3.37. The molecule has 2 aromatic carbocycles. The van der Waals surface area contributed by atoms with Gasteiger partial charge in [-0.15, -0.1) is 0 Å². The van der Waals surface area contributed by atoms with Gasteiger partial charge in [0.15, 0.2) is 6.61 Å². The third-order valence-corrected chi connectivity index (χ3v) is 3.47. The Kier molecular flexibility index (Phi) is 5.16. The third-order valence-electron chi connectivity index (χ3n) is 2.85. The summed E-state index contributed by atoms with van der Waals surface area (Å²) in [6.45, 7) is 1.81. The number of benzene rings is 2. The Bertz CT molecular complexity index is 698. The first-order valence-electron chi connectivity index (χ1n) is 6.46. The molecule has 0 aromatic heterocycles. The number of aromatic carboxylic acids is 1. The van der Waals surface area contributed by atoms with E-state index < -0.39 is 5.97 Å². The Morgan fingerprint density at radius 1 is 1.18 bits per heavy atom. The highest BCUT2D eigenvalue weighted by molar-refractivity contribution is 9.10. The van der Waals surface area contributed by atoms with Crippen molar-refractivity contribution in [2.45, 2.75) is 6.92 Å². The summed E-state index contributed by atoms with van der Waals surface area (Å²) in [6.07, 6.45) is 0. The molecule has 5 nitrogen and oxygen atoms in total. The van der Waals surface area contributed by atoms with E-state index >= 15 is 0 Å². The van der Waals surface area contributed by atoms with Gasteiger partial charge in [0.25, 0.3) is 5.91 Å². The molecule has 2 rings (SSSR count). The molecular weight excluding hydrogens is 350 g/mol. The number of aryl methyl sites for hydroxylation is 1. The van der Waals surface area contributed by atoms with Crippen LogP contribution in [0, 0.1) is 6.92 Å². The minimum Gasteiger partial charge on any atom is -0.545 e. The first kappa shape index (κ1) is 16.0. The summed E-state index contributed by atoms with van der Waals surface area (Å²) in [7, 11) is 0. The van der Waals surface area contributed by atoms with Crippen LogP contribution in [0.2, 0.25) is 0 Å². The molecule has 0 fully saturated rings. The van der Waals surface area contributed by atoms with E-state index in [0.29, 0.717) is 11.4 Å². The van der Waals surface area contributed by atoms with Gasteiger partial charge in [-0.3, -0.25) is 4.79 Å². The van der Waals surface area contributed by atoms with Gasteiger partial charge in [0, 0.05) is 5.69 Å².